The molecule has 1 nitrogen and oxygen atoms in total. The van der Waals surface area contributed by atoms with E-state index in [2.05, 4.69) is 19.2 Å². The van der Waals surface area contributed by atoms with Gasteiger partial charge in [-0.2, -0.15) is 0 Å². The zero-order valence-electron chi connectivity index (χ0n) is 10.4. The monoisotopic (exact) mass is 291 g/mol. The molecule has 1 aliphatic carbocycles. The van der Waals surface area contributed by atoms with Crippen molar-refractivity contribution in [3.05, 3.63) is 20.3 Å². The van der Waals surface area contributed by atoms with Crippen LogP contribution in [0.3, 0.4) is 0 Å². The minimum atomic E-state index is 0.320. The fraction of sp³-hybridized carbons (Fsp3) is 0.692. The Labute approximate surface area is 118 Å². The van der Waals surface area contributed by atoms with Gasteiger partial charge in [0, 0.05) is 12.6 Å². The van der Waals surface area contributed by atoms with Gasteiger partial charge in [-0.15, -0.1) is 11.3 Å². The van der Waals surface area contributed by atoms with Gasteiger partial charge in [0.05, 0.1) is 8.67 Å². The third-order valence-electron chi connectivity index (χ3n) is 3.25. The molecule has 4 heteroatoms. The summed E-state index contributed by atoms with van der Waals surface area (Å²) in [5.41, 5.74) is 1.52. The van der Waals surface area contributed by atoms with Crippen LogP contribution in [-0.4, -0.2) is 12.6 Å². The van der Waals surface area contributed by atoms with Crippen LogP contribution in [0.25, 0.3) is 0 Å². The van der Waals surface area contributed by atoms with E-state index in [9.17, 15) is 0 Å². The molecule has 0 amide bonds. The average molecular weight is 292 g/mol. The fourth-order valence-corrected chi connectivity index (χ4v) is 3.36. The highest BCUT2D eigenvalue weighted by Crippen LogP contribution is 2.34. The Bertz CT molecular complexity index is 383. The van der Waals surface area contributed by atoms with Crippen LogP contribution < -0.4 is 5.32 Å². The molecule has 0 unspecified atom stereocenters. The molecule has 1 aromatic rings. The van der Waals surface area contributed by atoms with Gasteiger partial charge in [-0.25, -0.2) is 0 Å². The average Bonchev–Trinajstić information content (AvgIpc) is 3.00. The topological polar surface area (TPSA) is 12.0 Å². The summed E-state index contributed by atoms with van der Waals surface area (Å²) < 4.78 is 1.64. The van der Waals surface area contributed by atoms with E-state index in [-0.39, 0.29) is 0 Å². The molecule has 0 radical (unpaired) electrons. The van der Waals surface area contributed by atoms with Crippen molar-refractivity contribution in [2.75, 3.05) is 6.54 Å². The number of nitrogens with one attached hydrogen (secondary N) is 1. The van der Waals surface area contributed by atoms with Crippen LogP contribution in [0.2, 0.25) is 8.67 Å². The second-order valence-electron chi connectivity index (χ2n) is 5.67. The summed E-state index contributed by atoms with van der Waals surface area (Å²) >= 11 is 13.5. The Morgan fingerprint density at radius 1 is 1.41 bits per heavy atom. The lowest BCUT2D eigenvalue weighted by Crippen LogP contribution is -2.31. The van der Waals surface area contributed by atoms with Crippen LogP contribution in [0, 0.1) is 5.41 Å². The summed E-state index contributed by atoms with van der Waals surface area (Å²) in [7, 11) is 0. The summed E-state index contributed by atoms with van der Waals surface area (Å²) in [5, 5.41) is 3.60. The van der Waals surface area contributed by atoms with E-state index >= 15 is 0 Å². The van der Waals surface area contributed by atoms with Crippen LogP contribution in [0.15, 0.2) is 6.07 Å². The number of halogens is 2. The van der Waals surface area contributed by atoms with E-state index in [1.165, 1.54) is 29.7 Å². The molecule has 0 bridgehead atoms. The van der Waals surface area contributed by atoms with Crippen molar-refractivity contribution in [1.29, 1.82) is 0 Å². The first-order valence-corrected chi connectivity index (χ1v) is 7.71. The first kappa shape index (κ1) is 13.7. The summed E-state index contributed by atoms with van der Waals surface area (Å²) in [6, 6.07) is 2.78. The molecule has 0 aromatic carbocycles. The number of aryl methyl sites for hydroxylation is 1. The first-order valence-electron chi connectivity index (χ1n) is 6.13. The second kappa shape index (κ2) is 5.48. The molecule has 1 saturated carbocycles. The molecule has 1 fully saturated rings. The number of hydrogen-bond donors (Lipinski definition) is 1. The van der Waals surface area contributed by atoms with Gasteiger partial charge in [0.25, 0.3) is 0 Å². The second-order valence-corrected chi connectivity index (χ2v) is 7.95. The van der Waals surface area contributed by atoms with E-state index in [1.807, 2.05) is 6.07 Å². The van der Waals surface area contributed by atoms with E-state index in [1.54, 1.807) is 0 Å². The third kappa shape index (κ3) is 4.44. The maximum absolute atomic E-state index is 6.13. The van der Waals surface area contributed by atoms with Crippen molar-refractivity contribution >= 4 is 34.5 Å². The number of hydrogen-bond acceptors (Lipinski definition) is 2. The highest BCUT2D eigenvalue weighted by atomic mass is 35.5. The molecule has 0 atom stereocenters. The maximum atomic E-state index is 6.13. The lowest BCUT2D eigenvalue weighted by Gasteiger charge is -2.25. The number of thiophene rings is 1. The van der Waals surface area contributed by atoms with Gasteiger partial charge in [0.15, 0.2) is 0 Å². The minimum absolute atomic E-state index is 0.320. The first-order chi connectivity index (χ1) is 7.96. The Hall–Kier alpha value is 0.240. The summed E-state index contributed by atoms with van der Waals surface area (Å²) in [4.78, 5) is 0. The smallest absolute Gasteiger partial charge is 0.0976 e. The molecular formula is C13H19Cl2NS. The molecule has 1 aromatic heterocycles. The summed E-state index contributed by atoms with van der Waals surface area (Å²) in [5.74, 6) is 0. The normalized spacial score (nSPS) is 16.5. The Balaban J connectivity index is 1.80. The molecule has 0 saturated heterocycles. The van der Waals surface area contributed by atoms with Gasteiger partial charge in [-0.05, 0) is 42.7 Å². The zero-order valence-corrected chi connectivity index (χ0v) is 12.7. The van der Waals surface area contributed by atoms with Gasteiger partial charge in [0.1, 0.15) is 0 Å². The van der Waals surface area contributed by atoms with Crippen molar-refractivity contribution in [2.45, 2.75) is 45.6 Å². The fourth-order valence-electron chi connectivity index (χ4n) is 1.81. The molecule has 17 heavy (non-hydrogen) atoms. The van der Waals surface area contributed by atoms with Crippen molar-refractivity contribution < 1.29 is 0 Å². The third-order valence-corrected chi connectivity index (χ3v) is 4.81. The van der Waals surface area contributed by atoms with Crippen molar-refractivity contribution in [1.82, 2.24) is 5.32 Å². The quantitative estimate of drug-likeness (QED) is 0.796. The van der Waals surface area contributed by atoms with Crippen LogP contribution >= 0.6 is 34.5 Å². The molecule has 0 spiro atoms. The highest BCUT2D eigenvalue weighted by Gasteiger charge is 2.25. The summed E-state index contributed by atoms with van der Waals surface area (Å²) in [6.45, 7) is 5.71. The number of rotatable bonds is 6. The Kier molecular flexibility index (Phi) is 4.40. The van der Waals surface area contributed by atoms with Gasteiger partial charge < -0.3 is 5.32 Å². The maximum Gasteiger partial charge on any atom is 0.0976 e. The van der Waals surface area contributed by atoms with Gasteiger partial charge in [-0.3, -0.25) is 0 Å². The highest BCUT2D eigenvalue weighted by molar-refractivity contribution is 7.20. The lowest BCUT2D eigenvalue weighted by atomic mass is 9.86. The van der Waals surface area contributed by atoms with Gasteiger partial charge >= 0.3 is 0 Å². The van der Waals surface area contributed by atoms with E-state index in [4.69, 9.17) is 23.2 Å². The minimum Gasteiger partial charge on any atom is -0.313 e. The molecule has 96 valence electrons. The Morgan fingerprint density at radius 3 is 2.65 bits per heavy atom. The molecule has 1 N–H and O–H groups in total. The molecular weight excluding hydrogens is 273 g/mol. The van der Waals surface area contributed by atoms with E-state index < -0.39 is 0 Å². The van der Waals surface area contributed by atoms with Gasteiger partial charge in [-0.1, -0.05) is 37.0 Å². The lowest BCUT2D eigenvalue weighted by molar-refractivity contribution is 0.313. The van der Waals surface area contributed by atoms with Crippen LogP contribution in [0.4, 0.5) is 0 Å². The van der Waals surface area contributed by atoms with Crippen molar-refractivity contribution in [3.63, 3.8) is 0 Å². The summed E-state index contributed by atoms with van der Waals surface area (Å²) in [6.07, 6.45) is 4.85. The van der Waals surface area contributed by atoms with E-state index in [0.717, 1.165) is 34.1 Å². The van der Waals surface area contributed by atoms with Crippen LogP contribution in [0.5, 0.6) is 0 Å². The van der Waals surface area contributed by atoms with Crippen molar-refractivity contribution in [2.24, 2.45) is 5.41 Å². The predicted octanol–water partition coefficient (Wildman–Crippen LogP) is 4.77. The standard InChI is InChI=1S/C13H19Cl2NS/c1-13(2,8-16-10-3-4-10)6-5-9-7-11(14)17-12(9)15/h7,10,16H,3-6,8H2,1-2H3. The molecule has 0 aliphatic heterocycles. The van der Waals surface area contributed by atoms with Gasteiger partial charge in [0.2, 0.25) is 0 Å². The van der Waals surface area contributed by atoms with E-state index in [0.29, 0.717) is 5.41 Å². The molecule has 2 rings (SSSR count). The van der Waals surface area contributed by atoms with Crippen molar-refractivity contribution in [3.8, 4) is 0 Å². The Morgan fingerprint density at radius 2 is 2.12 bits per heavy atom. The molecule has 1 heterocycles. The van der Waals surface area contributed by atoms with Crippen LogP contribution in [-0.2, 0) is 6.42 Å². The molecule has 1 aliphatic rings. The SMILES string of the molecule is CC(C)(CCc1cc(Cl)sc1Cl)CNC1CC1. The zero-order chi connectivity index (χ0) is 12.5. The largest absolute Gasteiger partial charge is 0.313 e. The predicted molar refractivity (Wildman–Crippen MR) is 77.5 cm³/mol. The van der Waals surface area contributed by atoms with Crippen LogP contribution in [0.1, 0.15) is 38.7 Å².